The Bertz CT molecular complexity index is 543. The second kappa shape index (κ2) is 5.60. The Kier molecular flexibility index (Phi) is 3.89. The zero-order valence-electron chi connectivity index (χ0n) is 10.4. The van der Waals surface area contributed by atoms with Crippen LogP contribution in [0, 0.1) is 12.7 Å². The molecule has 0 bridgehead atoms. The van der Waals surface area contributed by atoms with Crippen LogP contribution in [0.25, 0.3) is 0 Å². The van der Waals surface area contributed by atoms with Crippen LogP contribution in [0.5, 0.6) is 11.6 Å². The molecule has 0 unspecified atom stereocenters. The average Bonchev–Trinajstić information content (AvgIpc) is 2.37. The minimum atomic E-state index is -0.349. The molecule has 2 rings (SSSR count). The van der Waals surface area contributed by atoms with Gasteiger partial charge in [-0.15, -0.1) is 0 Å². The van der Waals surface area contributed by atoms with Gasteiger partial charge in [-0.1, -0.05) is 18.2 Å². The van der Waals surface area contributed by atoms with Crippen molar-refractivity contribution in [1.82, 2.24) is 10.3 Å². The normalized spacial score (nSPS) is 10.4. The number of hydrogen-bond donors (Lipinski definition) is 1. The minimum Gasteiger partial charge on any atom is -0.436 e. The third-order valence-corrected chi connectivity index (χ3v) is 2.58. The molecule has 0 aliphatic carbocycles. The van der Waals surface area contributed by atoms with E-state index >= 15 is 0 Å². The Hall–Kier alpha value is -1.94. The lowest BCUT2D eigenvalue weighted by Gasteiger charge is -2.10. The Balaban J connectivity index is 2.31. The molecule has 1 heterocycles. The molecule has 0 amide bonds. The van der Waals surface area contributed by atoms with E-state index in [1.807, 2.05) is 19.2 Å². The van der Waals surface area contributed by atoms with E-state index in [2.05, 4.69) is 10.3 Å². The average molecular weight is 246 g/mol. The fraction of sp³-hybridized carbons (Fsp3) is 0.214. The molecule has 94 valence electrons. The Morgan fingerprint density at radius 2 is 2.11 bits per heavy atom. The molecule has 18 heavy (non-hydrogen) atoms. The monoisotopic (exact) mass is 246 g/mol. The van der Waals surface area contributed by atoms with Crippen LogP contribution in [-0.4, -0.2) is 12.0 Å². The van der Waals surface area contributed by atoms with Crippen molar-refractivity contribution in [3.05, 3.63) is 53.5 Å². The third-order valence-electron chi connectivity index (χ3n) is 2.58. The van der Waals surface area contributed by atoms with Gasteiger partial charge in [-0.3, -0.25) is 0 Å². The molecule has 1 aromatic heterocycles. The lowest BCUT2D eigenvalue weighted by atomic mass is 10.2. The molecule has 1 aromatic carbocycles. The van der Waals surface area contributed by atoms with Gasteiger partial charge in [0.1, 0.15) is 0 Å². The van der Waals surface area contributed by atoms with Gasteiger partial charge in [0, 0.05) is 18.3 Å². The number of nitrogens with one attached hydrogen (secondary N) is 1. The summed E-state index contributed by atoms with van der Waals surface area (Å²) in [5.41, 5.74) is 1.44. The van der Waals surface area contributed by atoms with E-state index in [0.29, 0.717) is 18.0 Å². The minimum absolute atomic E-state index is 0.200. The van der Waals surface area contributed by atoms with Crippen molar-refractivity contribution in [3.8, 4) is 11.6 Å². The lowest BCUT2D eigenvalue weighted by Crippen LogP contribution is -2.07. The number of pyridine rings is 1. The first-order valence-electron chi connectivity index (χ1n) is 5.74. The predicted octanol–water partition coefficient (Wildman–Crippen LogP) is 3.04. The first-order chi connectivity index (χ1) is 8.72. The van der Waals surface area contributed by atoms with Gasteiger partial charge in [0.2, 0.25) is 5.88 Å². The second-order valence-corrected chi connectivity index (χ2v) is 3.99. The molecule has 0 spiro atoms. The summed E-state index contributed by atoms with van der Waals surface area (Å²) in [5, 5.41) is 3.02. The van der Waals surface area contributed by atoms with Crippen LogP contribution in [0.2, 0.25) is 0 Å². The number of aromatic nitrogens is 1. The number of aryl methyl sites for hydroxylation is 1. The maximum absolute atomic E-state index is 13.8. The van der Waals surface area contributed by atoms with Crippen molar-refractivity contribution in [2.45, 2.75) is 13.5 Å². The number of ether oxygens (including phenoxy) is 1. The zero-order chi connectivity index (χ0) is 13.0. The number of halogens is 1. The fourth-order valence-electron chi connectivity index (χ4n) is 1.64. The van der Waals surface area contributed by atoms with Crippen molar-refractivity contribution in [2.24, 2.45) is 0 Å². The van der Waals surface area contributed by atoms with Gasteiger partial charge in [0.15, 0.2) is 11.6 Å². The number of rotatable bonds is 4. The summed E-state index contributed by atoms with van der Waals surface area (Å²) in [4.78, 5) is 4.13. The van der Waals surface area contributed by atoms with E-state index in [1.165, 1.54) is 0 Å². The van der Waals surface area contributed by atoms with Crippen LogP contribution < -0.4 is 10.1 Å². The molecule has 0 atom stereocenters. The molecule has 0 saturated carbocycles. The highest BCUT2D eigenvalue weighted by Gasteiger charge is 2.10. The summed E-state index contributed by atoms with van der Waals surface area (Å²) in [5.74, 6) is 0.279. The van der Waals surface area contributed by atoms with E-state index in [0.717, 1.165) is 5.56 Å². The molecule has 4 heteroatoms. The van der Waals surface area contributed by atoms with Gasteiger partial charge >= 0.3 is 0 Å². The van der Waals surface area contributed by atoms with Crippen molar-refractivity contribution in [2.75, 3.05) is 7.05 Å². The lowest BCUT2D eigenvalue weighted by molar-refractivity contribution is 0.419. The Labute approximate surface area is 106 Å². The fourth-order valence-corrected chi connectivity index (χ4v) is 1.64. The van der Waals surface area contributed by atoms with Crippen LogP contribution in [0.4, 0.5) is 4.39 Å². The molecule has 0 saturated heterocycles. The van der Waals surface area contributed by atoms with Gasteiger partial charge < -0.3 is 10.1 Å². The molecular formula is C14H15FN2O. The standard InChI is InChI=1S/C14H15FN2O/c1-10-5-3-7-12(13(10)15)18-14-11(9-16-2)6-4-8-17-14/h3-8,16H,9H2,1-2H3. The van der Waals surface area contributed by atoms with E-state index in [-0.39, 0.29) is 11.6 Å². The molecule has 0 radical (unpaired) electrons. The van der Waals surface area contributed by atoms with Crippen molar-refractivity contribution in [1.29, 1.82) is 0 Å². The molecule has 0 fully saturated rings. The van der Waals surface area contributed by atoms with Crippen LogP contribution >= 0.6 is 0 Å². The van der Waals surface area contributed by atoms with Crippen LogP contribution in [0.15, 0.2) is 36.5 Å². The van der Waals surface area contributed by atoms with Gasteiger partial charge in [-0.25, -0.2) is 9.37 Å². The Morgan fingerprint density at radius 3 is 2.89 bits per heavy atom. The highest BCUT2D eigenvalue weighted by molar-refractivity contribution is 5.35. The highest BCUT2D eigenvalue weighted by atomic mass is 19.1. The van der Waals surface area contributed by atoms with Crippen molar-refractivity contribution in [3.63, 3.8) is 0 Å². The Morgan fingerprint density at radius 1 is 1.28 bits per heavy atom. The van der Waals surface area contributed by atoms with Crippen molar-refractivity contribution >= 4 is 0 Å². The molecular weight excluding hydrogens is 231 g/mol. The summed E-state index contributed by atoms with van der Waals surface area (Å²) >= 11 is 0. The van der Waals surface area contributed by atoms with E-state index in [9.17, 15) is 4.39 Å². The highest BCUT2D eigenvalue weighted by Crippen LogP contribution is 2.26. The molecule has 1 N–H and O–H groups in total. The van der Waals surface area contributed by atoms with Crippen molar-refractivity contribution < 1.29 is 9.13 Å². The number of hydrogen-bond acceptors (Lipinski definition) is 3. The van der Waals surface area contributed by atoms with E-state index < -0.39 is 0 Å². The predicted molar refractivity (Wildman–Crippen MR) is 68.2 cm³/mol. The van der Waals surface area contributed by atoms with E-state index in [4.69, 9.17) is 4.74 Å². The SMILES string of the molecule is CNCc1cccnc1Oc1cccc(C)c1F. The zero-order valence-corrected chi connectivity index (χ0v) is 10.4. The van der Waals surface area contributed by atoms with E-state index in [1.54, 1.807) is 31.3 Å². The maximum Gasteiger partial charge on any atom is 0.223 e. The largest absolute Gasteiger partial charge is 0.436 e. The maximum atomic E-state index is 13.8. The third kappa shape index (κ3) is 2.65. The smallest absolute Gasteiger partial charge is 0.223 e. The molecule has 3 nitrogen and oxygen atoms in total. The molecule has 0 aliphatic rings. The summed E-state index contributed by atoms with van der Waals surface area (Å²) in [6, 6.07) is 8.78. The molecule has 0 aliphatic heterocycles. The van der Waals surface area contributed by atoms with Crippen LogP contribution in [0.3, 0.4) is 0 Å². The number of nitrogens with zero attached hydrogens (tertiary/aromatic N) is 1. The second-order valence-electron chi connectivity index (χ2n) is 3.99. The van der Waals surface area contributed by atoms with Gasteiger partial charge in [-0.2, -0.15) is 0 Å². The van der Waals surface area contributed by atoms with Gasteiger partial charge in [0.05, 0.1) is 0 Å². The van der Waals surface area contributed by atoms with Gasteiger partial charge in [-0.05, 0) is 31.7 Å². The summed E-state index contributed by atoms with van der Waals surface area (Å²) in [6.07, 6.45) is 1.63. The first-order valence-corrected chi connectivity index (χ1v) is 5.74. The first kappa shape index (κ1) is 12.5. The summed E-state index contributed by atoms with van der Waals surface area (Å²) in [7, 11) is 1.84. The summed E-state index contributed by atoms with van der Waals surface area (Å²) in [6.45, 7) is 2.33. The van der Waals surface area contributed by atoms with Crippen LogP contribution in [-0.2, 0) is 6.54 Å². The quantitative estimate of drug-likeness (QED) is 0.900. The summed E-state index contributed by atoms with van der Waals surface area (Å²) < 4.78 is 19.4. The van der Waals surface area contributed by atoms with Crippen LogP contribution in [0.1, 0.15) is 11.1 Å². The topological polar surface area (TPSA) is 34.2 Å². The van der Waals surface area contributed by atoms with Gasteiger partial charge in [0.25, 0.3) is 0 Å². The molecule has 2 aromatic rings. The number of benzene rings is 1.